The van der Waals surface area contributed by atoms with E-state index in [9.17, 15) is 9.90 Å². The van der Waals surface area contributed by atoms with Gasteiger partial charge in [-0.1, -0.05) is 65.9 Å². The smallest absolute Gasteiger partial charge is 0.198 e. The molecule has 4 heteroatoms. The van der Waals surface area contributed by atoms with Crippen molar-refractivity contribution < 1.29 is 14.3 Å². The summed E-state index contributed by atoms with van der Waals surface area (Å²) in [5, 5.41) is 13.1. The monoisotopic (exact) mass is 348 g/mol. The molecule has 0 unspecified atom stereocenters. The maximum atomic E-state index is 13.1. The number of rotatable bonds is 3. The van der Waals surface area contributed by atoms with E-state index in [1.807, 2.05) is 61.7 Å². The molecule has 0 saturated heterocycles. The van der Waals surface area contributed by atoms with Crippen molar-refractivity contribution in [1.82, 2.24) is 0 Å². The molecule has 0 atom stereocenters. The second-order valence-corrected chi connectivity index (χ2v) is 6.76. The second kappa shape index (κ2) is 5.97. The van der Waals surface area contributed by atoms with Crippen molar-refractivity contribution in [3.05, 3.63) is 71.3 Å². The molecule has 4 rings (SSSR count). The van der Waals surface area contributed by atoms with Gasteiger partial charge in [0.1, 0.15) is 11.3 Å². The van der Waals surface area contributed by atoms with E-state index in [0.29, 0.717) is 32.6 Å². The Balaban J connectivity index is 2.03. The molecule has 0 aliphatic heterocycles. The molecule has 0 aliphatic carbocycles. The Morgan fingerprint density at radius 2 is 1.68 bits per heavy atom. The highest BCUT2D eigenvalue weighted by atomic mass is 32.2. The third-order valence-corrected chi connectivity index (χ3v) is 5.03. The summed E-state index contributed by atoms with van der Waals surface area (Å²) in [7, 11) is 0. The summed E-state index contributed by atoms with van der Waals surface area (Å²) in [6.45, 7) is 1.99. The number of fused-ring (bicyclic) bond motifs is 3. The third kappa shape index (κ3) is 2.50. The molecule has 0 saturated carbocycles. The lowest BCUT2D eigenvalue weighted by Gasteiger charge is -2.04. The predicted octanol–water partition coefficient (Wildman–Crippen LogP) is 5.55. The van der Waals surface area contributed by atoms with Crippen LogP contribution in [0.1, 0.15) is 21.5 Å². The predicted molar refractivity (Wildman–Crippen MR) is 102 cm³/mol. The number of phenolic OH excluding ortho intramolecular Hbond substituents is 1. The molecule has 3 nitrogen and oxygen atoms in total. The van der Waals surface area contributed by atoms with E-state index >= 15 is 0 Å². The summed E-state index contributed by atoms with van der Waals surface area (Å²) in [4.78, 5) is 13.1. The molecule has 0 aliphatic rings. The quantitative estimate of drug-likeness (QED) is 0.389. The average molecular weight is 348 g/mol. The highest BCUT2D eigenvalue weighted by molar-refractivity contribution is 7.98. The summed E-state index contributed by atoms with van der Waals surface area (Å²) < 4.78 is 6.01. The summed E-state index contributed by atoms with van der Waals surface area (Å²) in [5.74, 6) is 0.0484. The summed E-state index contributed by atoms with van der Waals surface area (Å²) in [5.41, 5.74) is 2.85. The number of aryl methyl sites for hydroxylation is 1. The zero-order valence-corrected chi connectivity index (χ0v) is 14.7. The number of benzene rings is 3. The van der Waals surface area contributed by atoms with Gasteiger partial charge in [0.05, 0.1) is 5.56 Å². The standard InChI is InChI=1S/C21H16O3S/c1-12-7-9-13(10-8-12)19(23)18-16-11-17(22)14-5-3-4-6-15(14)20(16)24-21(18)25-2/h3-11,22H,1-2H3. The van der Waals surface area contributed by atoms with Crippen LogP contribution in [0.2, 0.25) is 0 Å². The maximum absolute atomic E-state index is 13.1. The molecule has 1 N–H and O–H groups in total. The molecule has 0 spiro atoms. The van der Waals surface area contributed by atoms with Gasteiger partial charge in [0.15, 0.2) is 10.9 Å². The molecule has 4 aromatic rings. The molecule has 0 fully saturated rings. The highest BCUT2D eigenvalue weighted by Gasteiger charge is 2.24. The molecule has 0 bridgehead atoms. The number of aromatic hydroxyl groups is 1. The fraction of sp³-hybridized carbons (Fsp3) is 0.0952. The molecule has 25 heavy (non-hydrogen) atoms. The van der Waals surface area contributed by atoms with Crippen molar-refractivity contribution in [2.45, 2.75) is 12.0 Å². The minimum absolute atomic E-state index is 0.0993. The molecule has 124 valence electrons. The van der Waals surface area contributed by atoms with Crippen molar-refractivity contribution in [2.24, 2.45) is 0 Å². The van der Waals surface area contributed by atoms with Crippen molar-refractivity contribution in [3.8, 4) is 5.75 Å². The van der Waals surface area contributed by atoms with Crippen LogP contribution in [0.5, 0.6) is 5.75 Å². The van der Waals surface area contributed by atoms with Gasteiger partial charge in [-0.3, -0.25) is 4.79 Å². The van der Waals surface area contributed by atoms with Crippen LogP contribution in [0.15, 0.2) is 64.1 Å². The Labute approximate surface area is 149 Å². The fourth-order valence-electron chi connectivity index (χ4n) is 3.09. The Morgan fingerprint density at radius 1 is 1.00 bits per heavy atom. The van der Waals surface area contributed by atoms with Crippen molar-refractivity contribution in [1.29, 1.82) is 0 Å². The van der Waals surface area contributed by atoms with Gasteiger partial charge in [0.2, 0.25) is 0 Å². The first kappa shape index (κ1) is 15.8. The molecule has 3 aromatic carbocycles. The number of thioether (sulfide) groups is 1. The lowest BCUT2D eigenvalue weighted by molar-refractivity contribution is 0.103. The number of hydrogen-bond acceptors (Lipinski definition) is 4. The van der Waals surface area contributed by atoms with Crippen molar-refractivity contribution in [2.75, 3.05) is 6.26 Å². The van der Waals surface area contributed by atoms with Crippen LogP contribution in [-0.4, -0.2) is 17.1 Å². The van der Waals surface area contributed by atoms with Gasteiger partial charge < -0.3 is 9.52 Å². The summed E-state index contributed by atoms with van der Waals surface area (Å²) in [6.07, 6.45) is 1.88. The number of hydrogen-bond donors (Lipinski definition) is 1. The molecule has 1 aromatic heterocycles. The van der Waals surface area contributed by atoms with Crippen LogP contribution in [-0.2, 0) is 0 Å². The Kier molecular flexibility index (Phi) is 3.77. The molecular formula is C21H16O3S. The second-order valence-electron chi connectivity index (χ2n) is 5.98. The van der Waals surface area contributed by atoms with E-state index in [4.69, 9.17) is 4.42 Å². The average Bonchev–Trinajstić information content (AvgIpc) is 3.00. The van der Waals surface area contributed by atoms with E-state index in [-0.39, 0.29) is 11.5 Å². The van der Waals surface area contributed by atoms with E-state index in [0.717, 1.165) is 10.9 Å². The minimum atomic E-state index is -0.0993. The number of furan rings is 1. The minimum Gasteiger partial charge on any atom is -0.507 e. The molecule has 0 radical (unpaired) electrons. The topological polar surface area (TPSA) is 50.4 Å². The van der Waals surface area contributed by atoms with Crippen molar-refractivity contribution >= 4 is 39.3 Å². The van der Waals surface area contributed by atoms with Gasteiger partial charge in [0.25, 0.3) is 0 Å². The Bertz CT molecular complexity index is 1110. The Morgan fingerprint density at radius 3 is 2.36 bits per heavy atom. The first-order valence-corrected chi connectivity index (χ1v) is 9.15. The normalized spacial score (nSPS) is 11.3. The largest absolute Gasteiger partial charge is 0.507 e. The third-order valence-electron chi connectivity index (χ3n) is 4.37. The maximum Gasteiger partial charge on any atom is 0.198 e. The van der Waals surface area contributed by atoms with Gasteiger partial charge in [-0.2, -0.15) is 0 Å². The number of carbonyl (C=O) groups excluding carboxylic acids is 1. The number of ketones is 1. The van der Waals surface area contributed by atoms with Crippen LogP contribution in [0.25, 0.3) is 21.7 Å². The van der Waals surface area contributed by atoms with E-state index in [2.05, 4.69) is 0 Å². The van der Waals surface area contributed by atoms with E-state index in [1.54, 1.807) is 6.07 Å². The summed E-state index contributed by atoms with van der Waals surface area (Å²) in [6, 6.07) is 16.6. The van der Waals surface area contributed by atoms with Crippen molar-refractivity contribution in [3.63, 3.8) is 0 Å². The first-order chi connectivity index (χ1) is 12.1. The summed E-state index contributed by atoms with van der Waals surface area (Å²) >= 11 is 1.39. The Hall–Kier alpha value is -2.72. The van der Waals surface area contributed by atoms with Gasteiger partial charge in [-0.25, -0.2) is 0 Å². The van der Waals surface area contributed by atoms with Crippen LogP contribution in [0.4, 0.5) is 0 Å². The lowest BCUT2D eigenvalue weighted by Crippen LogP contribution is -2.01. The zero-order chi connectivity index (χ0) is 17.6. The van der Waals surface area contributed by atoms with Crippen LogP contribution in [0, 0.1) is 6.92 Å². The molecule has 0 amide bonds. The van der Waals surface area contributed by atoms with Gasteiger partial charge in [-0.15, -0.1) is 0 Å². The lowest BCUT2D eigenvalue weighted by atomic mass is 9.99. The van der Waals surface area contributed by atoms with Gasteiger partial charge in [0, 0.05) is 21.7 Å². The van der Waals surface area contributed by atoms with Crippen LogP contribution < -0.4 is 0 Å². The fourth-order valence-corrected chi connectivity index (χ4v) is 3.66. The number of phenols is 1. The van der Waals surface area contributed by atoms with Gasteiger partial charge >= 0.3 is 0 Å². The van der Waals surface area contributed by atoms with Gasteiger partial charge in [-0.05, 0) is 19.2 Å². The SMILES string of the molecule is CSc1oc2c(cc(O)c3ccccc32)c1C(=O)c1ccc(C)cc1. The van der Waals surface area contributed by atoms with E-state index < -0.39 is 0 Å². The van der Waals surface area contributed by atoms with Crippen LogP contribution >= 0.6 is 11.8 Å². The molecular weight excluding hydrogens is 332 g/mol. The highest BCUT2D eigenvalue weighted by Crippen LogP contribution is 2.40. The number of carbonyl (C=O) groups is 1. The van der Waals surface area contributed by atoms with E-state index in [1.165, 1.54) is 11.8 Å². The van der Waals surface area contributed by atoms with Crippen LogP contribution in [0.3, 0.4) is 0 Å². The zero-order valence-electron chi connectivity index (χ0n) is 13.9. The first-order valence-electron chi connectivity index (χ1n) is 7.92. The molecule has 1 heterocycles.